The average Bonchev–Trinajstić information content (AvgIpc) is 3.42. The summed E-state index contributed by atoms with van der Waals surface area (Å²) in [6.07, 6.45) is 7.77. The number of likely N-dealkylation sites (tertiary alicyclic amines) is 1. The first kappa shape index (κ1) is 29.7. The first-order chi connectivity index (χ1) is 20.1. The highest BCUT2D eigenvalue weighted by Gasteiger charge is 2.41. The van der Waals surface area contributed by atoms with Crippen LogP contribution < -0.4 is 10.9 Å². The molecule has 0 spiro atoms. The molecule has 42 heavy (non-hydrogen) atoms. The number of rotatable bonds is 7. The van der Waals surface area contributed by atoms with Crippen LogP contribution in [0.15, 0.2) is 59.8 Å². The topological polar surface area (TPSA) is 80.9 Å². The van der Waals surface area contributed by atoms with Crippen molar-refractivity contribution >= 4 is 30.7 Å². The van der Waals surface area contributed by atoms with E-state index in [1.807, 2.05) is 47.4 Å². The van der Waals surface area contributed by atoms with Gasteiger partial charge in [0, 0.05) is 24.0 Å². The summed E-state index contributed by atoms with van der Waals surface area (Å²) in [4.78, 5) is 25.6. The third-order valence-corrected chi connectivity index (χ3v) is 15.3. The second-order valence-electron chi connectivity index (χ2n) is 12.5. The zero-order valence-corrected chi connectivity index (χ0v) is 26.9. The third kappa shape index (κ3) is 5.79. The lowest BCUT2D eigenvalue weighted by atomic mass is 10.1. The molecule has 1 aliphatic rings. The Bertz CT molecular complexity index is 1630. The smallest absolute Gasteiger partial charge is 0.258 e. The van der Waals surface area contributed by atoms with E-state index in [-0.39, 0.29) is 5.56 Å². The highest BCUT2D eigenvalue weighted by Crippen LogP contribution is 2.41. The van der Waals surface area contributed by atoms with Crippen molar-refractivity contribution in [3.05, 3.63) is 70.9 Å². The number of hydrogen-bond donors (Lipinski definition) is 1. The predicted octanol–water partition coefficient (Wildman–Crippen LogP) is 6.56. The van der Waals surface area contributed by atoms with Crippen LogP contribution in [-0.2, 0) is 0 Å². The van der Waals surface area contributed by atoms with Crippen LogP contribution in [0.1, 0.15) is 66.0 Å². The van der Waals surface area contributed by atoms with Gasteiger partial charge in [-0.05, 0) is 61.7 Å². The minimum Gasteiger partial charge on any atom is -0.321 e. The van der Waals surface area contributed by atoms with Crippen molar-refractivity contribution < 1.29 is 0 Å². The second-order valence-corrected chi connectivity index (χ2v) is 18.1. The molecule has 9 heteroatoms. The number of fused-ring (bicyclic) bond motifs is 1. The van der Waals surface area contributed by atoms with E-state index in [0.717, 1.165) is 42.7 Å². The molecule has 1 N–H and O–H groups in total. The first-order valence-corrected chi connectivity index (χ1v) is 17.3. The average molecular weight is 582 g/mol. The molecule has 1 saturated heterocycles. The monoisotopic (exact) mass is 581 g/mol. The molecular weight excluding hydrogens is 538 g/mol. The van der Waals surface area contributed by atoms with Gasteiger partial charge in [0.05, 0.1) is 29.0 Å². The van der Waals surface area contributed by atoms with E-state index in [9.17, 15) is 4.79 Å². The molecule has 0 unspecified atom stereocenters. The first-order valence-electron chi connectivity index (χ1n) is 15.1. The molecule has 0 aliphatic carbocycles. The number of aromatic nitrogens is 5. The Morgan fingerprint density at radius 1 is 0.976 bits per heavy atom. The van der Waals surface area contributed by atoms with E-state index in [2.05, 4.69) is 80.4 Å². The van der Waals surface area contributed by atoms with Crippen LogP contribution in [0.25, 0.3) is 16.7 Å². The lowest BCUT2D eigenvalue weighted by molar-refractivity contribution is 0.212. The lowest BCUT2D eigenvalue weighted by Gasteiger charge is -2.38. The Labute approximate surface area is 250 Å². The van der Waals surface area contributed by atoms with Crippen LogP contribution in [-0.4, -0.2) is 57.4 Å². The van der Waals surface area contributed by atoms with E-state index in [0.29, 0.717) is 39.8 Å². The van der Waals surface area contributed by atoms with Crippen molar-refractivity contribution in [1.29, 1.82) is 0 Å². The molecule has 5 rings (SSSR count). The molecule has 8 nitrogen and oxygen atoms in total. The van der Waals surface area contributed by atoms with E-state index in [4.69, 9.17) is 4.98 Å². The van der Waals surface area contributed by atoms with E-state index >= 15 is 0 Å². The zero-order chi connectivity index (χ0) is 30.0. The number of pyridine rings is 1. The van der Waals surface area contributed by atoms with Gasteiger partial charge in [0.15, 0.2) is 5.65 Å². The maximum atomic E-state index is 13.7. The number of benzene rings is 1. The summed E-state index contributed by atoms with van der Waals surface area (Å²) in [6, 6.07) is 11.7. The van der Waals surface area contributed by atoms with Crippen LogP contribution >= 0.6 is 0 Å². The molecule has 1 aromatic carbocycles. The Balaban J connectivity index is 1.58. The van der Waals surface area contributed by atoms with E-state index in [1.165, 1.54) is 0 Å². The zero-order valence-electron chi connectivity index (χ0n) is 25.9. The Kier molecular flexibility index (Phi) is 8.67. The standard InChI is InChI=1S/C33H43N7OSi/c1-23(2)42(24(3)4,25(5)6)18-15-26-19-31(41)40(29-11-9-8-10-12-29)32-30(26)21-34-33(37-32)36-27-20-35-39(22-27)28-13-16-38(7)17-14-28/h8-12,19-25,28H,13-14,16-17H2,1-7H3,(H,34,36,37). The van der Waals surface area contributed by atoms with Gasteiger partial charge < -0.3 is 10.2 Å². The van der Waals surface area contributed by atoms with Crippen LogP contribution in [0.5, 0.6) is 0 Å². The third-order valence-electron chi connectivity index (χ3n) is 8.97. The fourth-order valence-corrected chi connectivity index (χ4v) is 11.9. The number of para-hydroxylation sites is 1. The molecule has 0 atom stereocenters. The molecule has 3 aromatic heterocycles. The SMILES string of the molecule is CC(C)[Si](C#Cc1cc(=O)n(-c2ccccc2)c2nc(Nc3cnn(C4CCN(C)CC4)c3)ncc12)(C(C)C)C(C)C. The van der Waals surface area contributed by atoms with Crippen LogP contribution in [0.4, 0.5) is 11.6 Å². The summed E-state index contributed by atoms with van der Waals surface area (Å²) in [6.45, 7) is 15.9. The van der Waals surface area contributed by atoms with Gasteiger partial charge in [-0.15, -0.1) is 5.54 Å². The summed E-state index contributed by atoms with van der Waals surface area (Å²) in [5, 5.41) is 8.70. The molecule has 1 aliphatic heterocycles. The van der Waals surface area contributed by atoms with Crippen LogP contribution in [0.3, 0.4) is 0 Å². The van der Waals surface area contributed by atoms with Crippen molar-refractivity contribution in [3.8, 4) is 17.2 Å². The van der Waals surface area contributed by atoms with Crippen molar-refractivity contribution in [1.82, 2.24) is 29.2 Å². The van der Waals surface area contributed by atoms with Crippen molar-refractivity contribution in [2.45, 2.75) is 77.0 Å². The number of hydrogen-bond acceptors (Lipinski definition) is 6. The summed E-state index contributed by atoms with van der Waals surface area (Å²) < 4.78 is 3.69. The van der Waals surface area contributed by atoms with Gasteiger partial charge in [-0.2, -0.15) is 10.1 Å². The highest BCUT2D eigenvalue weighted by atomic mass is 28.3. The van der Waals surface area contributed by atoms with Gasteiger partial charge in [-0.1, -0.05) is 65.7 Å². The number of piperidine rings is 1. The van der Waals surface area contributed by atoms with Crippen LogP contribution in [0, 0.1) is 11.5 Å². The lowest BCUT2D eigenvalue weighted by Crippen LogP contribution is -2.43. The van der Waals surface area contributed by atoms with Gasteiger partial charge in [-0.3, -0.25) is 14.0 Å². The van der Waals surface area contributed by atoms with Crippen molar-refractivity contribution in [3.63, 3.8) is 0 Å². The molecule has 0 bridgehead atoms. The van der Waals surface area contributed by atoms with Gasteiger partial charge in [0.25, 0.3) is 5.56 Å². The Morgan fingerprint density at radius 3 is 2.29 bits per heavy atom. The van der Waals surface area contributed by atoms with Crippen molar-refractivity contribution in [2.24, 2.45) is 0 Å². The largest absolute Gasteiger partial charge is 0.321 e. The Hall–Kier alpha value is -3.74. The summed E-state index contributed by atoms with van der Waals surface area (Å²) in [7, 11) is 0.154. The Morgan fingerprint density at radius 2 is 1.64 bits per heavy atom. The molecule has 4 aromatic rings. The van der Waals surface area contributed by atoms with Gasteiger partial charge in [0.2, 0.25) is 5.95 Å². The summed E-state index contributed by atoms with van der Waals surface area (Å²) >= 11 is 0. The minimum atomic E-state index is -2.01. The molecule has 1 fully saturated rings. The quantitative estimate of drug-likeness (QED) is 0.197. The molecule has 4 heterocycles. The fraction of sp³-hybridized carbons (Fsp3) is 0.455. The second kappa shape index (κ2) is 12.2. The minimum absolute atomic E-state index is 0.163. The van der Waals surface area contributed by atoms with E-state index < -0.39 is 8.07 Å². The fourth-order valence-electron chi connectivity index (χ4n) is 6.69. The number of anilines is 2. The van der Waals surface area contributed by atoms with Gasteiger partial charge >= 0.3 is 0 Å². The van der Waals surface area contributed by atoms with Crippen LogP contribution in [0.2, 0.25) is 16.6 Å². The highest BCUT2D eigenvalue weighted by molar-refractivity contribution is 6.90. The molecule has 0 radical (unpaired) electrons. The molecular formula is C33H43N7OSi. The predicted molar refractivity (Wildman–Crippen MR) is 174 cm³/mol. The van der Waals surface area contributed by atoms with Gasteiger partial charge in [-0.25, -0.2) is 4.98 Å². The molecule has 0 amide bonds. The number of nitrogens with zero attached hydrogens (tertiary/aromatic N) is 6. The number of nitrogens with one attached hydrogen (secondary N) is 1. The molecule has 0 saturated carbocycles. The normalized spacial score (nSPS) is 15.0. The van der Waals surface area contributed by atoms with Crippen molar-refractivity contribution in [2.75, 3.05) is 25.5 Å². The summed E-state index contributed by atoms with van der Waals surface area (Å²) in [5.41, 5.74) is 7.86. The maximum Gasteiger partial charge on any atom is 0.258 e. The van der Waals surface area contributed by atoms with E-state index in [1.54, 1.807) is 16.8 Å². The maximum absolute atomic E-state index is 13.7. The molecule has 220 valence electrons. The van der Waals surface area contributed by atoms with Gasteiger partial charge in [0.1, 0.15) is 8.07 Å². The summed E-state index contributed by atoms with van der Waals surface area (Å²) in [5.74, 6) is 3.90.